The number of hydrogen-bond donors (Lipinski definition) is 0. The molecule has 6 nitrogen and oxygen atoms in total. The largest absolute Gasteiger partial charge is 0.243 e. The minimum Gasteiger partial charge on any atom is -0.207 e. The first-order chi connectivity index (χ1) is 12.2. The van der Waals surface area contributed by atoms with Crippen molar-refractivity contribution in [3.05, 3.63) is 36.4 Å². The summed E-state index contributed by atoms with van der Waals surface area (Å²) in [6, 6.07) is 9.58. The second-order valence-electron chi connectivity index (χ2n) is 5.79. The average molecular weight is 399 g/mol. The molecule has 0 atom stereocenters. The molecule has 2 aromatic rings. The normalized spacial score (nSPS) is 13.0. The molecule has 0 fully saturated rings. The molecule has 2 rings (SSSR count). The van der Waals surface area contributed by atoms with Crippen LogP contribution in [0.15, 0.2) is 46.2 Å². The molecule has 2 aromatic carbocycles. The molecule has 0 N–H and O–H groups in total. The van der Waals surface area contributed by atoms with Gasteiger partial charge in [0.15, 0.2) is 0 Å². The van der Waals surface area contributed by atoms with Crippen molar-refractivity contribution in [2.24, 2.45) is 0 Å². The summed E-state index contributed by atoms with van der Waals surface area (Å²) < 4.78 is 54.7. The molecule has 0 aromatic heterocycles. The molecule has 8 heteroatoms. The fraction of sp³-hybridized carbons (Fsp3) is 0.444. The van der Waals surface area contributed by atoms with E-state index in [2.05, 4.69) is 0 Å². The Hall–Kier alpha value is -1.48. The van der Waals surface area contributed by atoms with Crippen LogP contribution >= 0.6 is 0 Å². The van der Waals surface area contributed by atoms with E-state index >= 15 is 0 Å². The number of rotatable bonds is 8. The molecule has 0 aliphatic carbocycles. The Labute approximate surface area is 156 Å². The van der Waals surface area contributed by atoms with Gasteiger partial charge in [-0.2, -0.15) is 8.61 Å². The van der Waals surface area contributed by atoms with E-state index in [4.69, 9.17) is 0 Å². The minimum absolute atomic E-state index is 0.135. The van der Waals surface area contributed by atoms with Crippen molar-refractivity contribution in [2.75, 3.05) is 26.2 Å². The lowest BCUT2D eigenvalue weighted by Gasteiger charge is -2.22. The Morgan fingerprint density at radius 2 is 0.923 bits per heavy atom. The van der Waals surface area contributed by atoms with Crippen molar-refractivity contribution in [3.63, 3.8) is 0 Å². The molecule has 0 amide bonds. The average Bonchev–Trinajstić information content (AvgIpc) is 2.62. The van der Waals surface area contributed by atoms with Gasteiger partial charge in [-0.05, 0) is 12.1 Å². The van der Waals surface area contributed by atoms with Gasteiger partial charge in [0, 0.05) is 37.0 Å². The molecule has 0 heterocycles. The second kappa shape index (κ2) is 8.04. The predicted octanol–water partition coefficient (Wildman–Crippen LogP) is 2.90. The van der Waals surface area contributed by atoms with E-state index in [1.54, 1.807) is 52.0 Å². The monoisotopic (exact) mass is 398 g/mol. The zero-order valence-corrected chi connectivity index (χ0v) is 17.3. The lowest BCUT2D eigenvalue weighted by Crippen LogP contribution is -2.31. The molecule has 0 aliphatic heterocycles. The summed E-state index contributed by atoms with van der Waals surface area (Å²) >= 11 is 0. The fourth-order valence-electron chi connectivity index (χ4n) is 3.11. The van der Waals surface area contributed by atoms with E-state index < -0.39 is 20.0 Å². The molecule has 0 aliphatic rings. The zero-order chi connectivity index (χ0) is 19.5. The Balaban J connectivity index is 2.79. The van der Waals surface area contributed by atoms with Crippen LogP contribution in [0.25, 0.3) is 10.8 Å². The highest BCUT2D eigenvalue weighted by Gasteiger charge is 2.27. The Kier molecular flexibility index (Phi) is 6.44. The third kappa shape index (κ3) is 3.51. The maximum Gasteiger partial charge on any atom is 0.243 e. The van der Waals surface area contributed by atoms with Crippen LogP contribution in [0.2, 0.25) is 0 Å². The third-order valence-corrected chi connectivity index (χ3v) is 8.70. The number of benzene rings is 2. The highest BCUT2D eigenvalue weighted by molar-refractivity contribution is 7.89. The number of nitrogens with zero attached hydrogens (tertiary/aromatic N) is 2. The van der Waals surface area contributed by atoms with Gasteiger partial charge in [-0.25, -0.2) is 16.8 Å². The van der Waals surface area contributed by atoms with Crippen molar-refractivity contribution in [1.82, 2.24) is 8.61 Å². The van der Waals surface area contributed by atoms with Gasteiger partial charge in [0.1, 0.15) is 0 Å². The summed E-state index contributed by atoms with van der Waals surface area (Å²) in [7, 11) is -7.39. The molecular formula is C18H26N2O4S2. The summed E-state index contributed by atoms with van der Waals surface area (Å²) in [5, 5.41) is 0.847. The Morgan fingerprint density at radius 1 is 0.615 bits per heavy atom. The molecule has 0 bridgehead atoms. The molecule has 0 unspecified atom stereocenters. The van der Waals surface area contributed by atoms with Gasteiger partial charge in [-0.3, -0.25) is 0 Å². The van der Waals surface area contributed by atoms with Gasteiger partial charge in [0.05, 0.1) is 9.79 Å². The smallest absolute Gasteiger partial charge is 0.207 e. The van der Waals surface area contributed by atoms with Crippen LogP contribution in [-0.2, 0) is 20.0 Å². The topological polar surface area (TPSA) is 74.8 Å². The molecule has 0 saturated heterocycles. The first-order valence-corrected chi connectivity index (χ1v) is 11.7. The lowest BCUT2D eigenvalue weighted by molar-refractivity contribution is 0.444. The van der Waals surface area contributed by atoms with E-state index in [1.807, 2.05) is 0 Å². The molecular weight excluding hydrogens is 372 g/mol. The minimum atomic E-state index is -3.70. The number of sulfonamides is 2. The van der Waals surface area contributed by atoms with E-state index in [1.165, 1.54) is 20.7 Å². The van der Waals surface area contributed by atoms with Crippen molar-refractivity contribution in [2.45, 2.75) is 37.5 Å². The van der Waals surface area contributed by atoms with Crippen LogP contribution in [0.1, 0.15) is 27.7 Å². The van der Waals surface area contributed by atoms with Crippen LogP contribution in [0, 0.1) is 0 Å². The lowest BCUT2D eigenvalue weighted by atomic mass is 10.1. The number of hydrogen-bond acceptors (Lipinski definition) is 4. The summed E-state index contributed by atoms with van der Waals surface area (Å²) in [5.74, 6) is 0. The summed E-state index contributed by atoms with van der Waals surface area (Å²) in [4.78, 5) is 0.269. The predicted molar refractivity (Wildman–Crippen MR) is 104 cm³/mol. The number of fused-ring (bicyclic) bond motifs is 1. The van der Waals surface area contributed by atoms with Crippen LogP contribution < -0.4 is 0 Å². The van der Waals surface area contributed by atoms with Gasteiger partial charge < -0.3 is 0 Å². The van der Waals surface area contributed by atoms with Crippen molar-refractivity contribution in [3.8, 4) is 0 Å². The van der Waals surface area contributed by atoms with Gasteiger partial charge >= 0.3 is 0 Å². The highest BCUT2D eigenvalue weighted by Crippen LogP contribution is 2.31. The first kappa shape index (κ1) is 20.8. The Morgan fingerprint density at radius 3 is 1.19 bits per heavy atom. The van der Waals surface area contributed by atoms with Crippen molar-refractivity contribution < 1.29 is 16.8 Å². The molecule has 0 radical (unpaired) electrons. The van der Waals surface area contributed by atoms with Crippen molar-refractivity contribution in [1.29, 1.82) is 0 Å². The SMILES string of the molecule is CCN(CC)S(=O)(=O)c1cccc2c(S(=O)(=O)N(CC)CC)cccc12. The van der Waals surface area contributed by atoms with E-state index in [0.717, 1.165) is 0 Å². The Bertz CT molecular complexity index is 896. The van der Waals surface area contributed by atoms with Gasteiger partial charge in [-0.1, -0.05) is 52.0 Å². The van der Waals surface area contributed by atoms with Gasteiger partial charge in [-0.15, -0.1) is 0 Å². The van der Waals surface area contributed by atoms with E-state index in [9.17, 15) is 16.8 Å². The molecule has 26 heavy (non-hydrogen) atoms. The molecule has 0 saturated carbocycles. The maximum absolute atomic E-state index is 13.0. The molecule has 144 valence electrons. The van der Waals surface area contributed by atoms with E-state index in [-0.39, 0.29) is 9.79 Å². The maximum atomic E-state index is 13.0. The van der Waals surface area contributed by atoms with Crippen LogP contribution in [0.5, 0.6) is 0 Å². The second-order valence-corrected chi connectivity index (χ2v) is 9.60. The van der Waals surface area contributed by atoms with Gasteiger partial charge in [0.25, 0.3) is 0 Å². The fourth-order valence-corrected chi connectivity index (χ4v) is 6.44. The van der Waals surface area contributed by atoms with E-state index in [0.29, 0.717) is 37.0 Å². The van der Waals surface area contributed by atoms with Gasteiger partial charge in [0.2, 0.25) is 20.0 Å². The standard InChI is InChI=1S/C18H26N2O4S2/c1-5-19(6-2)25(21,22)17-13-9-12-16-15(17)11-10-14-18(16)26(23,24)20(7-3)8-4/h9-14H,5-8H2,1-4H3. The highest BCUT2D eigenvalue weighted by atomic mass is 32.2. The first-order valence-electron chi connectivity index (χ1n) is 8.77. The molecule has 0 spiro atoms. The summed E-state index contributed by atoms with van der Waals surface area (Å²) in [6.07, 6.45) is 0. The zero-order valence-electron chi connectivity index (χ0n) is 15.6. The van der Waals surface area contributed by atoms with Crippen molar-refractivity contribution >= 4 is 30.8 Å². The quantitative estimate of drug-likeness (QED) is 0.685. The third-order valence-electron chi connectivity index (χ3n) is 4.49. The summed E-state index contributed by atoms with van der Waals surface area (Å²) in [5.41, 5.74) is 0. The van der Waals surface area contributed by atoms with Crippen LogP contribution in [-0.4, -0.2) is 51.6 Å². The summed E-state index contributed by atoms with van der Waals surface area (Å²) in [6.45, 7) is 8.54. The van der Waals surface area contributed by atoms with Crippen LogP contribution in [0.3, 0.4) is 0 Å². The van der Waals surface area contributed by atoms with Crippen LogP contribution in [0.4, 0.5) is 0 Å².